The van der Waals surface area contributed by atoms with Crippen LogP contribution in [0.3, 0.4) is 0 Å². The van der Waals surface area contributed by atoms with E-state index in [1.54, 1.807) is 43.4 Å². The van der Waals surface area contributed by atoms with Gasteiger partial charge in [0.2, 0.25) is 6.79 Å². The van der Waals surface area contributed by atoms with Crippen molar-refractivity contribution in [2.75, 3.05) is 27.6 Å². The summed E-state index contributed by atoms with van der Waals surface area (Å²) in [5.74, 6) is 1.63. The molecule has 3 heterocycles. The number of fused-ring (bicyclic) bond motifs is 4. The zero-order valence-corrected chi connectivity index (χ0v) is 20.5. The molecule has 3 aromatic carbocycles. The lowest BCUT2D eigenvalue weighted by molar-refractivity contribution is -0.131. The molecular formula is C29H26N2O6. The van der Waals surface area contributed by atoms with Crippen molar-refractivity contribution in [2.45, 2.75) is 18.4 Å². The van der Waals surface area contributed by atoms with E-state index in [4.69, 9.17) is 18.9 Å². The highest BCUT2D eigenvalue weighted by Gasteiger charge is 2.41. The lowest BCUT2D eigenvalue weighted by atomic mass is 9.82. The third kappa shape index (κ3) is 3.94. The summed E-state index contributed by atoms with van der Waals surface area (Å²) in [6, 6.07) is 17.6. The fraction of sp³-hybridized carbons (Fsp3) is 0.241. The first-order valence-corrected chi connectivity index (χ1v) is 12.1. The summed E-state index contributed by atoms with van der Waals surface area (Å²) in [5.41, 5.74) is 4.12. The van der Waals surface area contributed by atoms with E-state index in [0.29, 0.717) is 41.5 Å². The SMILES string of the molecule is COc1cc2c(cc1OC)C1=C[C@H](c3ccc4c(c3)OCO4)[C@H](NC(=O)c3ccccc3)C(=O)N1CC2. The number of rotatable bonds is 5. The van der Waals surface area contributed by atoms with Crippen LogP contribution in [0.25, 0.3) is 5.70 Å². The van der Waals surface area contributed by atoms with Gasteiger partial charge < -0.3 is 29.2 Å². The van der Waals surface area contributed by atoms with Gasteiger partial charge in [-0.25, -0.2) is 0 Å². The second kappa shape index (κ2) is 9.20. The van der Waals surface area contributed by atoms with E-state index in [-0.39, 0.29) is 18.6 Å². The molecule has 0 aliphatic carbocycles. The Balaban J connectivity index is 1.46. The fourth-order valence-corrected chi connectivity index (χ4v) is 5.24. The van der Waals surface area contributed by atoms with Crippen LogP contribution in [0.1, 0.15) is 33.0 Å². The molecule has 1 N–H and O–H groups in total. The van der Waals surface area contributed by atoms with Crippen LogP contribution in [0.4, 0.5) is 0 Å². The van der Waals surface area contributed by atoms with Gasteiger partial charge in [-0.2, -0.15) is 0 Å². The number of benzene rings is 3. The minimum Gasteiger partial charge on any atom is -0.493 e. The molecule has 2 atom stereocenters. The van der Waals surface area contributed by atoms with Gasteiger partial charge in [0.25, 0.3) is 11.8 Å². The van der Waals surface area contributed by atoms with Crippen molar-refractivity contribution in [1.29, 1.82) is 0 Å². The number of methoxy groups -OCH3 is 2. The van der Waals surface area contributed by atoms with Gasteiger partial charge >= 0.3 is 0 Å². The van der Waals surface area contributed by atoms with Crippen LogP contribution in [-0.2, 0) is 11.2 Å². The van der Waals surface area contributed by atoms with Crippen molar-refractivity contribution in [3.8, 4) is 23.0 Å². The topological polar surface area (TPSA) is 86.3 Å². The second-order valence-electron chi connectivity index (χ2n) is 9.11. The Morgan fingerprint density at radius 3 is 2.51 bits per heavy atom. The van der Waals surface area contributed by atoms with Crippen LogP contribution in [0, 0.1) is 0 Å². The molecule has 8 nitrogen and oxygen atoms in total. The van der Waals surface area contributed by atoms with E-state index < -0.39 is 12.0 Å². The van der Waals surface area contributed by atoms with Crippen molar-refractivity contribution >= 4 is 17.5 Å². The molecule has 0 aromatic heterocycles. The molecule has 3 aliphatic heterocycles. The first-order valence-electron chi connectivity index (χ1n) is 12.1. The number of nitrogens with one attached hydrogen (secondary N) is 1. The molecule has 0 unspecified atom stereocenters. The van der Waals surface area contributed by atoms with Crippen LogP contribution >= 0.6 is 0 Å². The first kappa shape index (κ1) is 23.0. The lowest BCUT2D eigenvalue weighted by Gasteiger charge is -2.41. The van der Waals surface area contributed by atoms with Gasteiger partial charge in [-0.1, -0.05) is 24.3 Å². The number of amides is 2. The number of hydrogen-bond donors (Lipinski definition) is 1. The van der Waals surface area contributed by atoms with Gasteiger partial charge in [0.05, 0.1) is 14.2 Å². The monoisotopic (exact) mass is 498 g/mol. The van der Waals surface area contributed by atoms with Gasteiger partial charge in [0.1, 0.15) is 6.04 Å². The number of hydrogen-bond acceptors (Lipinski definition) is 6. The number of carbonyl (C=O) groups is 2. The molecule has 3 aromatic rings. The normalized spacial score (nSPS) is 19.5. The summed E-state index contributed by atoms with van der Waals surface area (Å²) >= 11 is 0. The maximum Gasteiger partial charge on any atom is 0.251 e. The largest absolute Gasteiger partial charge is 0.493 e. The average Bonchev–Trinajstić information content (AvgIpc) is 3.42. The highest BCUT2D eigenvalue weighted by atomic mass is 16.7. The molecule has 2 amide bonds. The molecule has 0 radical (unpaired) electrons. The summed E-state index contributed by atoms with van der Waals surface area (Å²) < 4.78 is 22.1. The van der Waals surface area contributed by atoms with Crippen molar-refractivity contribution in [2.24, 2.45) is 0 Å². The summed E-state index contributed by atoms with van der Waals surface area (Å²) in [5, 5.41) is 3.01. The molecule has 0 saturated heterocycles. The molecule has 0 spiro atoms. The minimum atomic E-state index is -0.793. The first-order chi connectivity index (χ1) is 18.1. The molecular weight excluding hydrogens is 472 g/mol. The van der Waals surface area contributed by atoms with E-state index in [0.717, 1.165) is 22.4 Å². The van der Waals surface area contributed by atoms with Gasteiger partial charge in [-0.3, -0.25) is 9.59 Å². The Kier molecular flexibility index (Phi) is 5.71. The predicted octanol–water partition coefficient (Wildman–Crippen LogP) is 3.75. The van der Waals surface area contributed by atoms with E-state index in [1.807, 2.05) is 36.4 Å². The summed E-state index contributed by atoms with van der Waals surface area (Å²) in [6.45, 7) is 0.652. The maximum absolute atomic E-state index is 14.0. The third-order valence-electron chi connectivity index (χ3n) is 7.11. The Hall–Kier alpha value is -4.46. The van der Waals surface area contributed by atoms with Crippen molar-refractivity contribution in [1.82, 2.24) is 10.2 Å². The summed E-state index contributed by atoms with van der Waals surface area (Å²) in [7, 11) is 3.20. The smallest absolute Gasteiger partial charge is 0.251 e. The van der Waals surface area contributed by atoms with Crippen LogP contribution in [0.2, 0.25) is 0 Å². The quantitative estimate of drug-likeness (QED) is 0.577. The molecule has 0 saturated carbocycles. The van der Waals surface area contributed by atoms with Crippen LogP contribution in [-0.4, -0.2) is 50.3 Å². The number of carbonyl (C=O) groups excluding carboxylic acids is 2. The van der Waals surface area contributed by atoms with E-state index >= 15 is 0 Å². The number of ether oxygens (including phenoxy) is 4. The van der Waals surface area contributed by atoms with E-state index in [1.165, 1.54) is 0 Å². The van der Waals surface area contributed by atoms with Gasteiger partial charge in [0.15, 0.2) is 23.0 Å². The molecule has 188 valence electrons. The Morgan fingerprint density at radius 2 is 1.73 bits per heavy atom. The zero-order chi connectivity index (χ0) is 25.5. The predicted molar refractivity (Wildman–Crippen MR) is 136 cm³/mol. The Labute approximate surface area is 214 Å². The second-order valence-corrected chi connectivity index (χ2v) is 9.11. The van der Waals surface area contributed by atoms with Gasteiger partial charge in [0, 0.05) is 29.3 Å². The Morgan fingerprint density at radius 1 is 0.973 bits per heavy atom. The average molecular weight is 499 g/mol. The molecule has 0 fully saturated rings. The fourth-order valence-electron chi connectivity index (χ4n) is 5.24. The molecule has 37 heavy (non-hydrogen) atoms. The third-order valence-corrected chi connectivity index (χ3v) is 7.11. The minimum absolute atomic E-state index is 0.153. The maximum atomic E-state index is 14.0. The molecule has 6 rings (SSSR count). The van der Waals surface area contributed by atoms with Gasteiger partial charge in [-0.15, -0.1) is 0 Å². The van der Waals surface area contributed by atoms with Gasteiger partial charge in [-0.05, 0) is 60.0 Å². The zero-order valence-electron chi connectivity index (χ0n) is 20.5. The number of nitrogens with zero attached hydrogens (tertiary/aromatic N) is 1. The van der Waals surface area contributed by atoms with Crippen molar-refractivity contribution in [3.63, 3.8) is 0 Å². The molecule has 0 bridgehead atoms. The van der Waals surface area contributed by atoms with Crippen molar-refractivity contribution in [3.05, 3.63) is 89.0 Å². The standard InChI is InChI=1S/C29H26N2O6/c1-34-24-12-19-10-11-31-22(20(19)15-25(24)35-2)14-21(18-8-9-23-26(13-18)37-16-36-23)27(29(31)33)30-28(32)17-6-4-3-5-7-17/h3-9,12-15,21,27H,10-11,16H2,1-2H3,(H,30,32)/t21-,27+/m1/s1. The summed E-state index contributed by atoms with van der Waals surface area (Å²) in [6.07, 6.45) is 2.71. The van der Waals surface area contributed by atoms with E-state index in [9.17, 15) is 9.59 Å². The van der Waals surface area contributed by atoms with Crippen LogP contribution < -0.4 is 24.3 Å². The highest BCUT2D eigenvalue weighted by Crippen LogP contribution is 2.43. The molecule has 8 heteroatoms. The van der Waals surface area contributed by atoms with Crippen LogP contribution in [0.5, 0.6) is 23.0 Å². The highest BCUT2D eigenvalue weighted by molar-refractivity contribution is 6.01. The van der Waals surface area contributed by atoms with E-state index in [2.05, 4.69) is 11.4 Å². The summed E-state index contributed by atoms with van der Waals surface area (Å²) in [4.78, 5) is 28.9. The molecule has 3 aliphatic rings. The van der Waals surface area contributed by atoms with Crippen LogP contribution in [0.15, 0.2) is 66.7 Å². The van der Waals surface area contributed by atoms with Crippen molar-refractivity contribution < 1.29 is 28.5 Å². The Bertz CT molecular complexity index is 1420. The lowest BCUT2D eigenvalue weighted by Crippen LogP contribution is -2.54.